The van der Waals surface area contributed by atoms with Gasteiger partial charge in [0.2, 0.25) is 0 Å². The molecule has 0 saturated carbocycles. The smallest absolute Gasteiger partial charge is 0.136 e. The van der Waals surface area contributed by atoms with Crippen molar-refractivity contribution in [1.29, 1.82) is 5.26 Å². The summed E-state index contributed by atoms with van der Waals surface area (Å²) in [7, 11) is 0. The number of nitriles is 1. The highest BCUT2D eigenvalue weighted by Gasteiger charge is 2.21. The summed E-state index contributed by atoms with van der Waals surface area (Å²) in [5, 5.41) is 23.7. The van der Waals surface area contributed by atoms with E-state index in [4.69, 9.17) is 10.4 Å². The lowest BCUT2D eigenvalue weighted by atomic mass is 9.98. The summed E-state index contributed by atoms with van der Waals surface area (Å²) < 4.78 is 0. The number of aliphatic hydroxyl groups excluding tert-OH is 1. The van der Waals surface area contributed by atoms with Crippen molar-refractivity contribution in [3.8, 4) is 6.07 Å². The molecule has 1 saturated heterocycles. The van der Waals surface area contributed by atoms with Gasteiger partial charge in [-0.2, -0.15) is 5.26 Å². The van der Waals surface area contributed by atoms with E-state index in [0.717, 1.165) is 59.6 Å². The van der Waals surface area contributed by atoms with Gasteiger partial charge in [0.15, 0.2) is 0 Å². The van der Waals surface area contributed by atoms with Crippen LogP contribution in [0.25, 0.3) is 10.8 Å². The van der Waals surface area contributed by atoms with Crippen LogP contribution in [-0.4, -0.2) is 34.8 Å². The zero-order valence-corrected chi connectivity index (χ0v) is 15.7. The first-order valence-corrected chi connectivity index (χ1v) is 9.63. The molecule has 0 aliphatic carbocycles. The zero-order valence-electron chi connectivity index (χ0n) is 15.7. The van der Waals surface area contributed by atoms with Gasteiger partial charge in [0.25, 0.3) is 0 Å². The summed E-state index contributed by atoms with van der Waals surface area (Å²) >= 11 is 0. The summed E-state index contributed by atoms with van der Waals surface area (Å²) in [4.78, 5) is 11.4. The second-order valence-electron chi connectivity index (χ2n) is 7.11. The van der Waals surface area contributed by atoms with Crippen molar-refractivity contribution in [1.82, 2.24) is 9.97 Å². The summed E-state index contributed by atoms with van der Waals surface area (Å²) in [6.45, 7) is 1.83. The molecule has 0 unspecified atom stereocenters. The van der Waals surface area contributed by atoms with E-state index in [0.29, 0.717) is 6.42 Å². The molecule has 0 bridgehead atoms. The molecular formula is C22H23N5O. The third kappa shape index (κ3) is 3.90. The average Bonchev–Trinajstić information content (AvgIpc) is 2.74. The Labute approximate surface area is 164 Å². The van der Waals surface area contributed by atoms with Gasteiger partial charge in [-0.25, -0.2) is 9.97 Å². The van der Waals surface area contributed by atoms with Gasteiger partial charge in [-0.05, 0) is 49.1 Å². The molecule has 6 nitrogen and oxygen atoms in total. The first-order chi connectivity index (χ1) is 13.8. The van der Waals surface area contributed by atoms with Crippen LogP contribution in [0.1, 0.15) is 18.4 Å². The third-order valence-corrected chi connectivity index (χ3v) is 5.20. The van der Waals surface area contributed by atoms with Gasteiger partial charge < -0.3 is 15.3 Å². The molecule has 3 aromatic rings. The molecular weight excluding hydrogens is 350 g/mol. The predicted octanol–water partition coefficient (Wildman–Crippen LogP) is 3.65. The minimum absolute atomic E-state index is 0.134. The van der Waals surface area contributed by atoms with Crippen molar-refractivity contribution >= 4 is 28.1 Å². The maximum absolute atomic E-state index is 9.14. The van der Waals surface area contributed by atoms with Crippen LogP contribution < -0.4 is 10.2 Å². The minimum Gasteiger partial charge on any atom is -0.396 e. The molecule has 2 aromatic heterocycles. The molecule has 1 aliphatic heterocycles. The molecule has 0 atom stereocenters. The number of nitrogens with zero attached hydrogens (tertiary/aromatic N) is 4. The molecule has 2 N–H and O–H groups in total. The van der Waals surface area contributed by atoms with Crippen molar-refractivity contribution in [3.05, 3.63) is 54.4 Å². The number of aromatic nitrogens is 2. The van der Waals surface area contributed by atoms with E-state index < -0.39 is 0 Å². The molecule has 0 radical (unpaired) electrons. The second kappa shape index (κ2) is 8.24. The van der Waals surface area contributed by atoms with Crippen molar-refractivity contribution in [2.24, 2.45) is 5.92 Å². The Balaban J connectivity index is 1.61. The van der Waals surface area contributed by atoms with Crippen LogP contribution in [-0.2, 0) is 6.42 Å². The number of hydrogen-bond acceptors (Lipinski definition) is 6. The highest BCUT2D eigenvalue weighted by Crippen LogP contribution is 2.30. The number of aliphatic hydroxyl groups is 1. The monoisotopic (exact) mass is 373 g/mol. The number of anilines is 3. The Morgan fingerprint density at radius 3 is 2.82 bits per heavy atom. The average molecular weight is 373 g/mol. The van der Waals surface area contributed by atoms with Crippen LogP contribution in [0.15, 0.2) is 48.8 Å². The quantitative estimate of drug-likeness (QED) is 0.710. The van der Waals surface area contributed by atoms with E-state index >= 15 is 0 Å². The van der Waals surface area contributed by atoms with Gasteiger partial charge in [0.05, 0.1) is 6.07 Å². The van der Waals surface area contributed by atoms with E-state index in [2.05, 4.69) is 26.3 Å². The summed E-state index contributed by atoms with van der Waals surface area (Å²) in [5.74, 6) is 1.86. The largest absolute Gasteiger partial charge is 0.396 e. The molecule has 142 valence electrons. The maximum Gasteiger partial charge on any atom is 0.136 e. The summed E-state index contributed by atoms with van der Waals surface area (Å²) in [5.41, 5.74) is 2.02. The number of fused-ring (bicyclic) bond motifs is 1. The SMILES string of the molecule is N#CC1CCN(c2nccc3cnc(Nc4cccc(CCO)c4)cc23)CC1. The third-order valence-electron chi connectivity index (χ3n) is 5.20. The molecule has 6 heteroatoms. The lowest BCUT2D eigenvalue weighted by molar-refractivity contribution is 0.299. The van der Waals surface area contributed by atoms with Crippen molar-refractivity contribution in [2.45, 2.75) is 19.3 Å². The number of rotatable bonds is 5. The Bertz CT molecular complexity index is 1010. The van der Waals surface area contributed by atoms with E-state index in [1.807, 2.05) is 48.8 Å². The first-order valence-electron chi connectivity index (χ1n) is 9.63. The van der Waals surface area contributed by atoms with Crippen LogP contribution in [0.2, 0.25) is 0 Å². The fraction of sp³-hybridized carbons (Fsp3) is 0.318. The van der Waals surface area contributed by atoms with Gasteiger partial charge in [-0.3, -0.25) is 0 Å². The van der Waals surface area contributed by atoms with Gasteiger partial charge in [-0.1, -0.05) is 12.1 Å². The van der Waals surface area contributed by atoms with Crippen molar-refractivity contribution in [3.63, 3.8) is 0 Å². The van der Waals surface area contributed by atoms with E-state index in [1.54, 1.807) is 0 Å². The highest BCUT2D eigenvalue weighted by atomic mass is 16.2. The highest BCUT2D eigenvalue weighted by molar-refractivity contribution is 5.93. The predicted molar refractivity (Wildman–Crippen MR) is 111 cm³/mol. The lowest BCUT2D eigenvalue weighted by Gasteiger charge is -2.30. The summed E-state index contributed by atoms with van der Waals surface area (Å²) in [6, 6.07) is 14.4. The topological polar surface area (TPSA) is 85.1 Å². The molecule has 28 heavy (non-hydrogen) atoms. The summed E-state index contributed by atoms with van der Waals surface area (Å²) in [6.07, 6.45) is 6.07. The standard InChI is InChI=1S/C22H23N5O/c23-14-17-5-9-27(10-6-17)22-20-13-21(25-15-18(20)4-8-24-22)26-19-3-1-2-16(12-19)7-11-28/h1-4,8,12-13,15,17,28H,5-7,9-11H2,(H,25,26). The molecule has 3 heterocycles. The fourth-order valence-corrected chi connectivity index (χ4v) is 3.67. The van der Waals surface area contributed by atoms with Crippen molar-refractivity contribution in [2.75, 3.05) is 29.9 Å². The first kappa shape index (κ1) is 18.2. The minimum atomic E-state index is 0.134. The van der Waals surface area contributed by atoms with Gasteiger partial charge in [0.1, 0.15) is 11.6 Å². The molecule has 0 amide bonds. The van der Waals surface area contributed by atoms with Crippen LogP contribution in [0.3, 0.4) is 0 Å². The maximum atomic E-state index is 9.14. The van der Waals surface area contributed by atoms with Crippen molar-refractivity contribution < 1.29 is 5.11 Å². The number of benzene rings is 1. The number of piperidine rings is 1. The molecule has 4 rings (SSSR count). The number of hydrogen-bond donors (Lipinski definition) is 2. The molecule has 1 aromatic carbocycles. The van der Waals surface area contributed by atoms with Crippen LogP contribution >= 0.6 is 0 Å². The van der Waals surface area contributed by atoms with Gasteiger partial charge >= 0.3 is 0 Å². The Kier molecular flexibility index (Phi) is 5.36. The van der Waals surface area contributed by atoms with Crippen LogP contribution in [0.5, 0.6) is 0 Å². The Morgan fingerprint density at radius 1 is 1.18 bits per heavy atom. The second-order valence-corrected chi connectivity index (χ2v) is 7.11. The molecule has 1 aliphatic rings. The van der Waals surface area contributed by atoms with Gasteiger partial charge in [-0.15, -0.1) is 0 Å². The Morgan fingerprint density at radius 2 is 2.04 bits per heavy atom. The normalized spacial score (nSPS) is 14.8. The van der Waals surface area contributed by atoms with Gasteiger partial charge in [0, 0.05) is 54.5 Å². The van der Waals surface area contributed by atoms with E-state index in [-0.39, 0.29) is 12.5 Å². The van der Waals surface area contributed by atoms with Crippen LogP contribution in [0.4, 0.5) is 17.3 Å². The number of pyridine rings is 2. The van der Waals surface area contributed by atoms with E-state index in [1.165, 1.54) is 0 Å². The lowest BCUT2D eigenvalue weighted by Crippen LogP contribution is -2.33. The molecule has 1 fully saturated rings. The Hall–Kier alpha value is -3.17. The zero-order chi connectivity index (χ0) is 19.3. The number of nitrogens with one attached hydrogen (secondary N) is 1. The fourth-order valence-electron chi connectivity index (χ4n) is 3.67. The van der Waals surface area contributed by atoms with E-state index in [9.17, 15) is 0 Å². The van der Waals surface area contributed by atoms with Crippen LogP contribution in [0, 0.1) is 17.2 Å². The molecule has 0 spiro atoms.